The van der Waals surface area contributed by atoms with Gasteiger partial charge in [-0.05, 0) is 43.3 Å². The van der Waals surface area contributed by atoms with Gasteiger partial charge >= 0.3 is 5.97 Å². The molecule has 2 aromatic carbocycles. The summed E-state index contributed by atoms with van der Waals surface area (Å²) < 4.78 is 17.3. The van der Waals surface area contributed by atoms with Crippen LogP contribution in [0.2, 0.25) is 0 Å². The lowest BCUT2D eigenvalue weighted by atomic mass is 10.1. The number of methoxy groups -OCH3 is 2. The molecule has 0 saturated heterocycles. The highest BCUT2D eigenvalue weighted by atomic mass is 16.5. The second-order valence-corrected chi connectivity index (χ2v) is 5.54. The molecular weight excluding hydrogens is 334 g/mol. The van der Waals surface area contributed by atoms with Crippen molar-refractivity contribution in [3.05, 3.63) is 64.4 Å². The van der Waals surface area contributed by atoms with E-state index in [0.29, 0.717) is 22.4 Å². The van der Waals surface area contributed by atoms with Gasteiger partial charge in [0, 0.05) is 23.3 Å². The number of hydrogen-bond acceptors (Lipinski definition) is 5. The standard InChI is InChI=1S/C20H19NO5/c1-4-26-20(23)17-12-21(13-5-7-14(24-2)8-6-13)18-11-15(25-3)9-10-16(18)19(17)22/h5-12H,4H2,1-3H3. The van der Waals surface area contributed by atoms with Crippen LogP contribution in [0.3, 0.4) is 0 Å². The fourth-order valence-corrected chi connectivity index (χ4v) is 2.74. The van der Waals surface area contributed by atoms with Gasteiger partial charge in [0.05, 0.1) is 26.3 Å². The number of carbonyl (C=O) groups excluding carboxylic acids is 1. The van der Waals surface area contributed by atoms with Gasteiger partial charge in [0.15, 0.2) is 0 Å². The van der Waals surface area contributed by atoms with Crippen molar-refractivity contribution in [3.63, 3.8) is 0 Å². The molecule has 0 bridgehead atoms. The third-order valence-corrected chi connectivity index (χ3v) is 4.06. The maximum atomic E-state index is 12.8. The fourth-order valence-electron chi connectivity index (χ4n) is 2.74. The Morgan fingerprint density at radius 1 is 1.00 bits per heavy atom. The predicted molar refractivity (Wildman–Crippen MR) is 98.6 cm³/mol. The maximum Gasteiger partial charge on any atom is 0.343 e. The number of esters is 1. The number of ether oxygens (including phenoxy) is 3. The van der Waals surface area contributed by atoms with Crippen LogP contribution in [0, 0.1) is 0 Å². The third kappa shape index (κ3) is 3.13. The van der Waals surface area contributed by atoms with Crippen LogP contribution in [0.1, 0.15) is 17.3 Å². The van der Waals surface area contributed by atoms with E-state index in [2.05, 4.69) is 0 Å². The van der Waals surface area contributed by atoms with Crippen molar-refractivity contribution in [1.29, 1.82) is 0 Å². The molecule has 0 aliphatic rings. The first-order valence-corrected chi connectivity index (χ1v) is 8.14. The van der Waals surface area contributed by atoms with Crippen LogP contribution < -0.4 is 14.9 Å². The molecule has 0 fully saturated rings. The third-order valence-electron chi connectivity index (χ3n) is 4.06. The average molecular weight is 353 g/mol. The Balaban J connectivity index is 2.31. The van der Waals surface area contributed by atoms with Crippen molar-refractivity contribution in [2.45, 2.75) is 6.92 Å². The summed E-state index contributed by atoms with van der Waals surface area (Å²) in [6, 6.07) is 12.4. The summed E-state index contributed by atoms with van der Waals surface area (Å²) in [5.41, 5.74) is 1.02. The monoisotopic (exact) mass is 353 g/mol. The molecule has 0 saturated carbocycles. The first kappa shape index (κ1) is 17.5. The number of benzene rings is 2. The van der Waals surface area contributed by atoms with Gasteiger partial charge in [-0.15, -0.1) is 0 Å². The summed E-state index contributed by atoms with van der Waals surface area (Å²) >= 11 is 0. The maximum absolute atomic E-state index is 12.8. The largest absolute Gasteiger partial charge is 0.497 e. The van der Waals surface area contributed by atoms with E-state index in [1.807, 2.05) is 24.3 Å². The Bertz CT molecular complexity index is 1010. The number of aromatic nitrogens is 1. The minimum absolute atomic E-state index is 0.0136. The number of nitrogens with zero attached hydrogens (tertiary/aromatic N) is 1. The molecule has 0 aliphatic heterocycles. The Labute approximate surface area is 150 Å². The quantitative estimate of drug-likeness (QED) is 0.659. The molecule has 0 aliphatic carbocycles. The Morgan fingerprint density at radius 2 is 1.65 bits per heavy atom. The molecule has 0 N–H and O–H groups in total. The Hall–Kier alpha value is -3.28. The van der Waals surface area contributed by atoms with Crippen molar-refractivity contribution in [2.24, 2.45) is 0 Å². The first-order valence-electron chi connectivity index (χ1n) is 8.14. The molecule has 134 valence electrons. The number of hydrogen-bond donors (Lipinski definition) is 0. The van der Waals surface area contributed by atoms with Crippen LogP contribution >= 0.6 is 0 Å². The highest BCUT2D eigenvalue weighted by molar-refractivity contribution is 5.94. The highest BCUT2D eigenvalue weighted by Crippen LogP contribution is 2.24. The minimum Gasteiger partial charge on any atom is -0.497 e. The van der Waals surface area contributed by atoms with Crippen LogP contribution in [0.25, 0.3) is 16.6 Å². The van der Waals surface area contributed by atoms with E-state index < -0.39 is 5.97 Å². The van der Waals surface area contributed by atoms with E-state index in [1.54, 1.807) is 43.9 Å². The normalized spacial score (nSPS) is 10.6. The molecule has 6 nitrogen and oxygen atoms in total. The van der Waals surface area contributed by atoms with Crippen LogP contribution in [0.4, 0.5) is 0 Å². The molecule has 0 spiro atoms. The molecule has 3 rings (SSSR count). The zero-order valence-electron chi connectivity index (χ0n) is 14.8. The van der Waals surface area contributed by atoms with Crippen LogP contribution in [-0.2, 0) is 4.74 Å². The van der Waals surface area contributed by atoms with Gasteiger partial charge in [0.25, 0.3) is 0 Å². The van der Waals surface area contributed by atoms with E-state index in [1.165, 1.54) is 6.20 Å². The summed E-state index contributed by atoms with van der Waals surface area (Å²) in [5, 5.41) is 0.409. The van der Waals surface area contributed by atoms with Gasteiger partial charge in [-0.3, -0.25) is 4.79 Å². The highest BCUT2D eigenvalue weighted by Gasteiger charge is 2.17. The van der Waals surface area contributed by atoms with Crippen molar-refractivity contribution < 1.29 is 19.0 Å². The zero-order valence-corrected chi connectivity index (χ0v) is 14.8. The zero-order chi connectivity index (χ0) is 18.7. The SMILES string of the molecule is CCOC(=O)c1cn(-c2ccc(OC)cc2)c2cc(OC)ccc2c1=O. The van der Waals surface area contributed by atoms with Crippen LogP contribution in [-0.4, -0.2) is 31.4 Å². The number of pyridine rings is 1. The molecule has 1 heterocycles. The molecule has 0 unspecified atom stereocenters. The van der Waals surface area contributed by atoms with Gasteiger partial charge in [0.2, 0.25) is 5.43 Å². The molecule has 1 aromatic heterocycles. The number of carbonyl (C=O) groups is 1. The second-order valence-electron chi connectivity index (χ2n) is 5.54. The van der Waals surface area contributed by atoms with Gasteiger partial charge < -0.3 is 18.8 Å². The number of rotatable bonds is 5. The fraction of sp³-hybridized carbons (Fsp3) is 0.200. The first-order chi connectivity index (χ1) is 12.6. The summed E-state index contributed by atoms with van der Waals surface area (Å²) in [6.07, 6.45) is 1.50. The van der Waals surface area contributed by atoms with E-state index in [4.69, 9.17) is 14.2 Å². The molecule has 6 heteroatoms. The van der Waals surface area contributed by atoms with Gasteiger partial charge in [-0.25, -0.2) is 4.79 Å². The lowest BCUT2D eigenvalue weighted by molar-refractivity contribution is 0.0524. The van der Waals surface area contributed by atoms with Crippen LogP contribution in [0.5, 0.6) is 11.5 Å². The Kier molecular flexibility index (Phi) is 4.93. The molecule has 3 aromatic rings. The number of fused-ring (bicyclic) bond motifs is 1. The summed E-state index contributed by atoms with van der Waals surface area (Å²) in [5.74, 6) is 0.683. The molecule has 0 atom stereocenters. The summed E-state index contributed by atoms with van der Waals surface area (Å²) in [6.45, 7) is 1.90. The lowest BCUT2D eigenvalue weighted by Crippen LogP contribution is -2.20. The van der Waals surface area contributed by atoms with Crippen molar-refractivity contribution >= 4 is 16.9 Å². The second kappa shape index (κ2) is 7.31. The average Bonchev–Trinajstić information content (AvgIpc) is 2.68. The van der Waals surface area contributed by atoms with Gasteiger partial charge in [-0.2, -0.15) is 0 Å². The topological polar surface area (TPSA) is 66.8 Å². The predicted octanol–water partition coefficient (Wildman–Crippen LogP) is 3.18. The minimum atomic E-state index is -0.641. The van der Waals surface area contributed by atoms with E-state index in [-0.39, 0.29) is 17.6 Å². The van der Waals surface area contributed by atoms with Crippen molar-refractivity contribution in [2.75, 3.05) is 20.8 Å². The molecule has 26 heavy (non-hydrogen) atoms. The smallest absolute Gasteiger partial charge is 0.343 e. The van der Waals surface area contributed by atoms with E-state index >= 15 is 0 Å². The van der Waals surface area contributed by atoms with Gasteiger partial charge in [0.1, 0.15) is 17.1 Å². The van der Waals surface area contributed by atoms with E-state index in [0.717, 1.165) is 5.69 Å². The van der Waals surface area contributed by atoms with Crippen molar-refractivity contribution in [1.82, 2.24) is 4.57 Å². The lowest BCUT2D eigenvalue weighted by Gasteiger charge is -2.14. The Morgan fingerprint density at radius 3 is 2.27 bits per heavy atom. The molecule has 0 radical (unpaired) electrons. The van der Waals surface area contributed by atoms with Gasteiger partial charge in [-0.1, -0.05) is 0 Å². The van der Waals surface area contributed by atoms with E-state index in [9.17, 15) is 9.59 Å². The van der Waals surface area contributed by atoms with Crippen molar-refractivity contribution in [3.8, 4) is 17.2 Å². The molecule has 0 amide bonds. The van der Waals surface area contributed by atoms with Crippen LogP contribution in [0.15, 0.2) is 53.5 Å². The summed E-state index contributed by atoms with van der Waals surface area (Å²) in [4.78, 5) is 25.0. The molecular formula is C20H19NO5. The summed E-state index contributed by atoms with van der Waals surface area (Å²) in [7, 11) is 3.15.